The molecule has 0 aromatic heterocycles. The number of esters is 1. The number of benzene rings is 2. The van der Waals surface area contributed by atoms with Crippen LogP contribution in [0, 0.1) is 0 Å². The second-order valence-corrected chi connectivity index (χ2v) is 4.27. The Hall–Kier alpha value is -2.82. The third-order valence-corrected chi connectivity index (χ3v) is 2.83. The lowest BCUT2D eigenvalue weighted by Gasteiger charge is -2.10. The molecular weight excluding hydrogens is 270 g/mol. The molecule has 21 heavy (non-hydrogen) atoms. The highest BCUT2D eigenvalue weighted by Crippen LogP contribution is 2.21. The van der Waals surface area contributed by atoms with Crippen LogP contribution in [0.3, 0.4) is 0 Å². The minimum atomic E-state index is -0.999. The largest absolute Gasteiger partial charge is 0.478 e. The Kier molecular flexibility index (Phi) is 4.56. The first-order valence-electron chi connectivity index (χ1n) is 6.48. The quantitative estimate of drug-likeness (QED) is 0.824. The summed E-state index contributed by atoms with van der Waals surface area (Å²) in [6, 6.07) is 13.3. The van der Waals surface area contributed by atoms with Gasteiger partial charge in [-0.25, -0.2) is 9.59 Å². The van der Waals surface area contributed by atoms with Gasteiger partial charge in [0.25, 0.3) is 0 Å². The van der Waals surface area contributed by atoms with Crippen LogP contribution in [0.4, 0.5) is 11.4 Å². The van der Waals surface area contributed by atoms with E-state index in [2.05, 4.69) is 5.32 Å². The van der Waals surface area contributed by atoms with Gasteiger partial charge in [-0.1, -0.05) is 12.1 Å². The van der Waals surface area contributed by atoms with Crippen LogP contribution in [0.2, 0.25) is 0 Å². The second kappa shape index (κ2) is 6.56. The monoisotopic (exact) mass is 285 g/mol. The molecule has 0 fully saturated rings. The van der Waals surface area contributed by atoms with Gasteiger partial charge in [-0.05, 0) is 43.3 Å². The zero-order chi connectivity index (χ0) is 15.2. The lowest BCUT2D eigenvalue weighted by molar-refractivity contribution is 0.0526. The van der Waals surface area contributed by atoms with Crippen LogP contribution in [0.5, 0.6) is 0 Å². The predicted octanol–water partition coefficient (Wildman–Crippen LogP) is 3.31. The van der Waals surface area contributed by atoms with E-state index in [-0.39, 0.29) is 11.5 Å². The second-order valence-electron chi connectivity index (χ2n) is 4.27. The molecule has 5 nitrogen and oxygen atoms in total. The number of carboxylic acid groups (broad SMARTS) is 1. The number of hydrogen-bond donors (Lipinski definition) is 2. The van der Waals surface area contributed by atoms with Crippen LogP contribution in [0.15, 0.2) is 48.5 Å². The minimum absolute atomic E-state index is 0.187. The van der Waals surface area contributed by atoms with Crippen molar-refractivity contribution in [2.75, 3.05) is 11.9 Å². The molecule has 0 aliphatic carbocycles. The maximum Gasteiger partial charge on any atom is 0.338 e. The third-order valence-electron chi connectivity index (χ3n) is 2.83. The molecule has 0 unspecified atom stereocenters. The number of para-hydroxylation sites is 1. The lowest BCUT2D eigenvalue weighted by atomic mass is 10.1. The van der Waals surface area contributed by atoms with Crippen LogP contribution in [-0.2, 0) is 4.74 Å². The van der Waals surface area contributed by atoms with Gasteiger partial charge in [0, 0.05) is 5.69 Å². The molecule has 0 amide bonds. The van der Waals surface area contributed by atoms with Gasteiger partial charge in [0.1, 0.15) is 0 Å². The SMILES string of the molecule is CCOC(=O)c1ccc(Nc2ccccc2C(=O)O)cc1. The van der Waals surface area contributed by atoms with Crippen LogP contribution in [-0.4, -0.2) is 23.7 Å². The molecule has 2 rings (SSSR count). The van der Waals surface area contributed by atoms with E-state index in [0.717, 1.165) is 0 Å². The standard InChI is InChI=1S/C16H15NO4/c1-2-21-16(20)11-7-9-12(10-8-11)17-14-6-4-3-5-13(14)15(18)19/h3-10,17H,2H2,1H3,(H,18,19). The zero-order valence-electron chi connectivity index (χ0n) is 11.5. The summed E-state index contributed by atoms with van der Waals surface area (Å²) in [4.78, 5) is 22.7. The van der Waals surface area contributed by atoms with Gasteiger partial charge in [0.2, 0.25) is 0 Å². The predicted molar refractivity (Wildman–Crippen MR) is 79.1 cm³/mol. The molecule has 0 spiro atoms. The molecular formula is C16H15NO4. The molecule has 0 saturated carbocycles. The average Bonchev–Trinajstić information content (AvgIpc) is 2.48. The summed E-state index contributed by atoms with van der Waals surface area (Å²) < 4.78 is 4.90. The Morgan fingerprint density at radius 1 is 1.10 bits per heavy atom. The normalized spacial score (nSPS) is 9.95. The summed E-state index contributed by atoms with van der Waals surface area (Å²) >= 11 is 0. The molecule has 2 aromatic rings. The van der Waals surface area contributed by atoms with E-state index in [1.54, 1.807) is 49.4 Å². The van der Waals surface area contributed by atoms with Gasteiger partial charge in [0.05, 0.1) is 23.4 Å². The first kappa shape index (κ1) is 14.6. The fourth-order valence-corrected chi connectivity index (χ4v) is 1.84. The number of carbonyl (C=O) groups excluding carboxylic acids is 1. The Labute approximate surface area is 122 Å². The number of hydrogen-bond acceptors (Lipinski definition) is 4. The Balaban J connectivity index is 2.18. The maximum atomic E-state index is 11.5. The molecule has 2 aromatic carbocycles. The fraction of sp³-hybridized carbons (Fsp3) is 0.125. The van der Waals surface area contributed by atoms with E-state index < -0.39 is 5.97 Å². The van der Waals surface area contributed by atoms with Gasteiger partial charge in [-0.2, -0.15) is 0 Å². The maximum absolute atomic E-state index is 11.5. The Morgan fingerprint density at radius 2 is 1.76 bits per heavy atom. The summed E-state index contributed by atoms with van der Waals surface area (Å²) in [6.07, 6.45) is 0. The van der Waals surface area contributed by atoms with E-state index in [1.165, 1.54) is 6.07 Å². The molecule has 0 bridgehead atoms. The summed E-state index contributed by atoms with van der Waals surface area (Å²) in [7, 11) is 0. The smallest absolute Gasteiger partial charge is 0.338 e. The minimum Gasteiger partial charge on any atom is -0.478 e. The number of ether oxygens (including phenoxy) is 1. The van der Waals surface area contributed by atoms with Crippen molar-refractivity contribution in [3.63, 3.8) is 0 Å². The Morgan fingerprint density at radius 3 is 2.38 bits per heavy atom. The summed E-state index contributed by atoms with van der Waals surface area (Å²) in [5.74, 6) is -1.38. The number of carbonyl (C=O) groups is 2. The van der Waals surface area contributed by atoms with Crippen molar-refractivity contribution >= 4 is 23.3 Å². The fourth-order valence-electron chi connectivity index (χ4n) is 1.84. The molecule has 0 aliphatic heterocycles. The highest BCUT2D eigenvalue weighted by atomic mass is 16.5. The van der Waals surface area contributed by atoms with E-state index >= 15 is 0 Å². The van der Waals surface area contributed by atoms with Gasteiger partial charge >= 0.3 is 11.9 Å². The van der Waals surface area contributed by atoms with Crippen molar-refractivity contribution in [2.45, 2.75) is 6.92 Å². The third kappa shape index (κ3) is 3.60. The van der Waals surface area contributed by atoms with Crippen molar-refractivity contribution in [3.05, 3.63) is 59.7 Å². The molecule has 0 atom stereocenters. The van der Waals surface area contributed by atoms with Crippen molar-refractivity contribution in [2.24, 2.45) is 0 Å². The van der Waals surface area contributed by atoms with Crippen LogP contribution in [0.1, 0.15) is 27.6 Å². The molecule has 0 radical (unpaired) electrons. The number of rotatable bonds is 5. The van der Waals surface area contributed by atoms with Gasteiger partial charge in [-0.15, -0.1) is 0 Å². The van der Waals surface area contributed by atoms with E-state index in [4.69, 9.17) is 9.84 Å². The van der Waals surface area contributed by atoms with Gasteiger partial charge in [0.15, 0.2) is 0 Å². The van der Waals surface area contributed by atoms with E-state index in [0.29, 0.717) is 23.5 Å². The van der Waals surface area contributed by atoms with Crippen molar-refractivity contribution in [3.8, 4) is 0 Å². The first-order chi connectivity index (χ1) is 10.1. The molecule has 0 saturated heterocycles. The highest BCUT2D eigenvalue weighted by Gasteiger charge is 2.10. The lowest BCUT2D eigenvalue weighted by Crippen LogP contribution is -2.05. The molecule has 0 heterocycles. The number of anilines is 2. The number of carboxylic acids is 1. The molecule has 2 N–H and O–H groups in total. The summed E-state index contributed by atoms with van der Waals surface area (Å²) in [5, 5.41) is 12.1. The van der Waals surface area contributed by atoms with E-state index in [9.17, 15) is 9.59 Å². The van der Waals surface area contributed by atoms with Crippen LogP contribution in [0.25, 0.3) is 0 Å². The van der Waals surface area contributed by atoms with Crippen molar-refractivity contribution in [1.29, 1.82) is 0 Å². The highest BCUT2D eigenvalue weighted by molar-refractivity contribution is 5.95. The number of aromatic carboxylic acids is 1. The van der Waals surface area contributed by atoms with Crippen molar-refractivity contribution in [1.82, 2.24) is 0 Å². The zero-order valence-corrected chi connectivity index (χ0v) is 11.5. The topological polar surface area (TPSA) is 75.6 Å². The van der Waals surface area contributed by atoms with Crippen LogP contribution >= 0.6 is 0 Å². The first-order valence-corrected chi connectivity index (χ1v) is 6.48. The van der Waals surface area contributed by atoms with Gasteiger partial charge in [-0.3, -0.25) is 0 Å². The summed E-state index contributed by atoms with van der Waals surface area (Å²) in [5.41, 5.74) is 1.83. The van der Waals surface area contributed by atoms with Crippen molar-refractivity contribution < 1.29 is 19.4 Å². The molecule has 108 valence electrons. The number of nitrogens with one attached hydrogen (secondary N) is 1. The van der Waals surface area contributed by atoms with Crippen LogP contribution < -0.4 is 5.32 Å². The average molecular weight is 285 g/mol. The van der Waals surface area contributed by atoms with E-state index in [1.807, 2.05) is 0 Å². The molecule has 0 aliphatic rings. The molecule has 5 heteroatoms. The Bertz CT molecular complexity index is 650. The van der Waals surface area contributed by atoms with Gasteiger partial charge < -0.3 is 15.2 Å². The summed E-state index contributed by atoms with van der Waals surface area (Å²) in [6.45, 7) is 2.07.